The minimum atomic E-state index is -4.45. The van der Waals surface area contributed by atoms with Crippen molar-refractivity contribution in [1.29, 1.82) is 0 Å². The van der Waals surface area contributed by atoms with Gasteiger partial charge in [-0.1, -0.05) is 18.2 Å². The number of amides is 2. The Bertz CT molecular complexity index is 671. The Kier molecular flexibility index (Phi) is 4.03. The lowest BCUT2D eigenvalue weighted by atomic mass is 9.92. The molecule has 130 valence electrons. The van der Waals surface area contributed by atoms with Crippen LogP contribution in [-0.2, 0) is 25.9 Å². The largest absolute Gasteiger partial charge is 0.416 e. The lowest BCUT2D eigenvalue weighted by Crippen LogP contribution is -2.52. The van der Waals surface area contributed by atoms with Crippen LogP contribution in [0.2, 0.25) is 0 Å². The van der Waals surface area contributed by atoms with Crippen LogP contribution in [0, 0.1) is 0 Å². The molecule has 0 radical (unpaired) electrons. The van der Waals surface area contributed by atoms with Gasteiger partial charge in [0.2, 0.25) is 11.8 Å². The first-order valence-corrected chi connectivity index (χ1v) is 7.62. The second kappa shape index (κ2) is 5.77. The summed E-state index contributed by atoms with van der Waals surface area (Å²) in [6, 6.07) is 4.89. The van der Waals surface area contributed by atoms with Crippen molar-refractivity contribution < 1.29 is 27.5 Å². The third kappa shape index (κ3) is 2.98. The molecule has 0 bridgehead atoms. The summed E-state index contributed by atoms with van der Waals surface area (Å²) < 4.78 is 43.9. The van der Waals surface area contributed by atoms with Gasteiger partial charge >= 0.3 is 6.18 Å². The molecule has 2 amide bonds. The number of nitrogens with two attached hydrogens (primary N) is 1. The molecule has 0 aromatic heterocycles. The maximum Gasteiger partial charge on any atom is 0.416 e. The fraction of sp³-hybridized carbons (Fsp3) is 0.500. The van der Waals surface area contributed by atoms with Gasteiger partial charge in [-0.05, 0) is 24.5 Å². The summed E-state index contributed by atoms with van der Waals surface area (Å²) in [6.07, 6.45) is -4.34. The van der Waals surface area contributed by atoms with E-state index in [-0.39, 0.29) is 19.1 Å². The van der Waals surface area contributed by atoms with E-state index in [0.717, 1.165) is 12.1 Å². The van der Waals surface area contributed by atoms with Crippen LogP contribution in [0.15, 0.2) is 24.3 Å². The molecule has 1 heterocycles. The van der Waals surface area contributed by atoms with Gasteiger partial charge in [-0.3, -0.25) is 9.59 Å². The summed E-state index contributed by atoms with van der Waals surface area (Å²) >= 11 is 0. The molecule has 2 fully saturated rings. The number of ether oxygens (including phenoxy) is 1. The SMILES string of the molecule is NC(=O)C1CN(C(=O)C2(c3cccc(C(F)(F)F)c3)CC2)CCO1. The van der Waals surface area contributed by atoms with Crippen LogP contribution in [0.3, 0.4) is 0 Å². The number of hydrogen-bond acceptors (Lipinski definition) is 3. The number of hydrogen-bond donors (Lipinski definition) is 1. The average Bonchev–Trinajstić information content (AvgIpc) is 3.35. The van der Waals surface area contributed by atoms with Crippen LogP contribution in [0.25, 0.3) is 0 Å². The number of nitrogens with zero attached hydrogens (tertiary/aromatic N) is 1. The first kappa shape index (κ1) is 16.8. The van der Waals surface area contributed by atoms with E-state index in [1.54, 1.807) is 6.07 Å². The number of alkyl halides is 3. The van der Waals surface area contributed by atoms with Gasteiger partial charge in [-0.15, -0.1) is 0 Å². The zero-order valence-corrected chi connectivity index (χ0v) is 12.8. The zero-order valence-electron chi connectivity index (χ0n) is 12.8. The molecule has 24 heavy (non-hydrogen) atoms. The summed E-state index contributed by atoms with van der Waals surface area (Å²) in [7, 11) is 0. The highest BCUT2D eigenvalue weighted by Crippen LogP contribution is 2.50. The number of rotatable bonds is 3. The first-order chi connectivity index (χ1) is 11.2. The monoisotopic (exact) mass is 342 g/mol. The summed E-state index contributed by atoms with van der Waals surface area (Å²) in [5.74, 6) is -0.923. The number of halogens is 3. The van der Waals surface area contributed by atoms with E-state index in [9.17, 15) is 22.8 Å². The van der Waals surface area contributed by atoms with E-state index in [2.05, 4.69) is 0 Å². The fourth-order valence-electron chi connectivity index (χ4n) is 3.05. The van der Waals surface area contributed by atoms with Crippen LogP contribution in [0.5, 0.6) is 0 Å². The molecule has 1 aromatic carbocycles. The van der Waals surface area contributed by atoms with Crippen molar-refractivity contribution in [2.75, 3.05) is 19.7 Å². The van der Waals surface area contributed by atoms with E-state index in [4.69, 9.17) is 10.5 Å². The Morgan fingerprint density at radius 1 is 1.29 bits per heavy atom. The van der Waals surface area contributed by atoms with Crippen molar-refractivity contribution in [2.24, 2.45) is 5.73 Å². The molecule has 5 nitrogen and oxygen atoms in total. The van der Waals surface area contributed by atoms with Crippen LogP contribution in [-0.4, -0.2) is 42.5 Å². The Balaban J connectivity index is 1.83. The van der Waals surface area contributed by atoms with Gasteiger partial charge in [0, 0.05) is 6.54 Å². The third-order valence-electron chi connectivity index (χ3n) is 4.57. The predicted octanol–water partition coefficient (Wildman–Crippen LogP) is 1.45. The smallest absolute Gasteiger partial charge is 0.367 e. The van der Waals surface area contributed by atoms with E-state index in [1.165, 1.54) is 11.0 Å². The highest BCUT2D eigenvalue weighted by atomic mass is 19.4. The molecular weight excluding hydrogens is 325 g/mol. The van der Waals surface area contributed by atoms with Gasteiger partial charge in [0.15, 0.2) is 6.10 Å². The van der Waals surface area contributed by atoms with Crippen LogP contribution in [0.1, 0.15) is 24.0 Å². The summed E-state index contributed by atoms with van der Waals surface area (Å²) in [5.41, 5.74) is 3.87. The summed E-state index contributed by atoms with van der Waals surface area (Å²) in [5, 5.41) is 0. The second-order valence-corrected chi connectivity index (χ2v) is 6.17. The Morgan fingerprint density at radius 3 is 2.58 bits per heavy atom. The van der Waals surface area contributed by atoms with Crippen molar-refractivity contribution >= 4 is 11.8 Å². The Morgan fingerprint density at radius 2 is 2.00 bits per heavy atom. The standard InChI is InChI=1S/C16H17F3N2O3/c17-16(18,19)11-3-1-2-10(8-11)15(4-5-15)14(23)21-6-7-24-12(9-21)13(20)22/h1-3,8,12H,4-7,9H2,(H2,20,22). The fourth-order valence-corrected chi connectivity index (χ4v) is 3.05. The molecule has 1 saturated heterocycles. The lowest BCUT2D eigenvalue weighted by Gasteiger charge is -2.34. The van der Waals surface area contributed by atoms with Crippen LogP contribution in [0.4, 0.5) is 13.2 Å². The molecule has 8 heteroatoms. The van der Waals surface area contributed by atoms with Crippen LogP contribution < -0.4 is 5.73 Å². The number of benzene rings is 1. The molecule has 1 saturated carbocycles. The topological polar surface area (TPSA) is 72.6 Å². The van der Waals surface area contributed by atoms with E-state index >= 15 is 0 Å². The van der Waals surface area contributed by atoms with Crippen LogP contribution >= 0.6 is 0 Å². The maximum absolute atomic E-state index is 12.9. The van der Waals surface area contributed by atoms with Gasteiger partial charge in [-0.25, -0.2) is 0 Å². The van der Waals surface area contributed by atoms with E-state index < -0.39 is 29.2 Å². The Labute approximate surface area is 136 Å². The molecule has 0 spiro atoms. The van der Waals surface area contributed by atoms with Gasteiger partial charge in [0.1, 0.15) is 0 Å². The second-order valence-electron chi connectivity index (χ2n) is 6.17. The first-order valence-electron chi connectivity index (χ1n) is 7.62. The van der Waals surface area contributed by atoms with E-state index in [1.807, 2.05) is 0 Å². The molecule has 1 atom stereocenters. The van der Waals surface area contributed by atoms with Gasteiger partial charge in [-0.2, -0.15) is 13.2 Å². The molecule has 2 N–H and O–H groups in total. The van der Waals surface area contributed by atoms with Crippen molar-refractivity contribution in [2.45, 2.75) is 30.5 Å². The van der Waals surface area contributed by atoms with Crippen molar-refractivity contribution in [3.05, 3.63) is 35.4 Å². The predicted molar refractivity (Wildman–Crippen MR) is 77.9 cm³/mol. The summed E-state index contributed by atoms with van der Waals surface area (Å²) in [4.78, 5) is 25.6. The van der Waals surface area contributed by atoms with Crippen molar-refractivity contribution in [3.63, 3.8) is 0 Å². The molecule has 3 rings (SSSR count). The van der Waals surface area contributed by atoms with Gasteiger partial charge in [0.05, 0.1) is 24.1 Å². The van der Waals surface area contributed by atoms with Crippen molar-refractivity contribution in [1.82, 2.24) is 4.90 Å². The number of morpholine rings is 1. The van der Waals surface area contributed by atoms with E-state index in [0.29, 0.717) is 24.9 Å². The molecule has 1 aliphatic heterocycles. The average molecular weight is 342 g/mol. The Hall–Kier alpha value is -2.09. The van der Waals surface area contributed by atoms with Gasteiger partial charge in [0.25, 0.3) is 0 Å². The normalized spacial score (nSPS) is 23.0. The van der Waals surface area contributed by atoms with Crippen molar-refractivity contribution in [3.8, 4) is 0 Å². The zero-order chi connectivity index (χ0) is 17.5. The molecule has 1 aliphatic carbocycles. The minimum absolute atomic E-state index is 0.0366. The highest BCUT2D eigenvalue weighted by Gasteiger charge is 2.54. The van der Waals surface area contributed by atoms with Gasteiger partial charge < -0.3 is 15.4 Å². The number of carbonyl (C=O) groups excluding carboxylic acids is 2. The molecule has 2 aliphatic rings. The lowest BCUT2D eigenvalue weighted by molar-refractivity contribution is -0.147. The molecule has 1 aromatic rings. The number of carbonyl (C=O) groups is 2. The summed E-state index contributed by atoms with van der Waals surface area (Å²) in [6.45, 7) is 0.510. The minimum Gasteiger partial charge on any atom is -0.367 e. The maximum atomic E-state index is 12.9. The molecule has 1 unspecified atom stereocenters. The third-order valence-corrected chi connectivity index (χ3v) is 4.57. The quantitative estimate of drug-likeness (QED) is 0.904. The highest BCUT2D eigenvalue weighted by molar-refractivity contribution is 5.92. The molecular formula is C16H17F3N2O3. The number of primary amides is 1.